The van der Waals surface area contributed by atoms with Crippen LogP contribution in [-0.2, 0) is 17.6 Å². The molecule has 0 spiro atoms. The van der Waals surface area contributed by atoms with Crippen molar-refractivity contribution < 1.29 is 14.0 Å². The highest BCUT2D eigenvalue weighted by Gasteiger charge is 2.25. The molecule has 1 N–H and O–H groups in total. The lowest BCUT2D eigenvalue weighted by atomic mass is 9.95. The van der Waals surface area contributed by atoms with E-state index in [4.69, 9.17) is 11.6 Å². The Hall–Kier alpha value is -2.23. The van der Waals surface area contributed by atoms with Crippen LogP contribution in [0, 0.1) is 17.1 Å². The van der Waals surface area contributed by atoms with Crippen LogP contribution in [0.4, 0.5) is 9.39 Å². The van der Waals surface area contributed by atoms with Gasteiger partial charge >= 0.3 is 0 Å². The van der Waals surface area contributed by atoms with E-state index in [1.807, 2.05) is 0 Å². The predicted octanol–water partition coefficient (Wildman–Crippen LogP) is 3.72. The van der Waals surface area contributed by atoms with Crippen LogP contribution in [0.5, 0.6) is 0 Å². The molecule has 2 aromatic rings. The molecule has 4 nitrogen and oxygen atoms in total. The Balaban J connectivity index is 1.91. The first-order valence-corrected chi connectivity index (χ1v) is 8.01. The number of carbonyl (C=O) groups is 2. The Kier molecular flexibility index (Phi) is 4.16. The van der Waals surface area contributed by atoms with Crippen molar-refractivity contribution >= 4 is 39.6 Å². The number of nitrogens with one attached hydrogen (secondary N) is 1. The topological polar surface area (TPSA) is 70.0 Å². The zero-order valence-electron chi connectivity index (χ0n) is 11.8. The Bertz CT molecular complexity index is 870. The molecule has 0 saturated heterocycles. The zero-order chi connectivity index (χ0) is 16.6. The van der Waals surface area contributed by atoms with Gasteiger partial charge in [0.05, 0.1) is 10.6 Å². The molecule has 7 heteroatoms. The third kappa shape index (κ3) is 2.98. The number of nitrogens with zero attached hydrogens (tertiary/aromatic N) is 1. The largest absolute Gasteiger partial charge is 0.312 e. The number of nitriles is 1. The molecule has 0 unspecified atom stereocenters. The van der Waals surface area contributed by atoms with Gasteiger partial charge in [-0.05, 0) is 30.2 Å². The highest BCUT2D eigenvalue weighted by molar-refractivity contribution is 7.16. The Labute approximate surface area is 140 Å². The lowest BCUT2D eigenvalue weighted by molar-refractivity contribution is -0.118. The third-order valence-corrected chi connectivity index (χ3v) is 5.06. The second kappa shape index (κ2) is 6.11. The highest BCUT2D eigenvalue weighted by atomic mass is 35.5. The first kappa shape index (κ1) is 15.7. The predicted molar refractivity (Wildman–Crippen MR) is 85.4 cm³/mol. The Morgan fingerprint density at radius 3 is 2.87 bits per heavy atom. The first-order valence-electron chi connectivity index (χ1n) is 6.82. The molecule has 0 radical (unpaired) electrons. The van der Waals surface area contributed by atoms with Crippen LogP contribution < -0.4 is 5.32 Å². The van der Waals surface area contributed by atoms with E-state index in [-0.39, 0.29) is 16.4 Å². The van der Waals surface area contributed by atoms with Gasteiger partial charge in [0.1, 0.15) is 22.7 Å². The van der Waals surface area contributed by atoms with Crippen molar-refractivity contribution in [1.82, 2.24) is 0 Å². The van der Waals surface area contributed by atoms with Crippen molar-refractivity contribution in [3.8, 4) is 6.07 Å². The number of ketones is 1. The number of anilines is 1. The average Bonchev–Trinajstić information content (AvgIpc) is 2.85. The van der Waals surface area contributed by atoms with Gasteiger partial charge in [0.15, 0.2) is 0 Å². The third-order valence-electron chi connectivity index (χ3n) is 3.62. The second-order valence-electron chi connectivity index (χ2n) is 5.12. The number of benzene rings is 1. The summed E-state index contributed by atoms with van der Waals surface area (Å²) in [6.07, 6.45) is 1.23. The summed E-state index contributed by atoms with van der Waals surface area (Å²) in [6, 6.07) is 5.76. The van der Waals surface area contributed by atoms with Crippen molar-refractivity contribution in [2.24, 2.45) is 0 Å². The number of carbonyl (C=O) groups excluding carboxylic acids is 2. The molecular weight excluding hydrogens is 339 g/mol. The van der Waals surface area contributed by atoms with Crippen LogP contribution in [0.25, 0.3) is 0 Å². The van der Waals surface area contributed by atoms with Gasteiger partial charge in [-0.2, -0.15) is 5.26 Å². The maximum absolute atomic E-state index is 13.2. The maximum atomic E-state index is 13.2. The monoisotopic (exact) mass is 348 g/mol. The molecule has 0 fully saturated rings. The smallest absolute Gasteiger partial charge is 0.256 e. The standard InChI is InChI=1S/C16H10ClFN2O2S/c17-12-5-8(1-4-13(12)18)15(22)20-16-11(7-19)10-3-2-9(21)6-14(10)23-16/h1,4-5H,2-3,6H2,(H,20,22). The molecule has 1 aliphatic rings. The fourth-order valence-electron chi connectivity index (χ4n) is 2.47. The van der Waals surface area contributed by atoms with Gasteiger partial charge in [-0.25, -0.2) is 4.39 Å². The molecule has 23 heavy (non-hydrogen) atoms. The highest BCUT2D eigenvalue weighted by Crippen LogP contribution is 2.37. The van der Waals surface area contributed by atoms with Gasteiger partial charge < -0.3 is 5.32 Å². The van der Waals surface area contributed by atoms with Crippen molar-refractivity contribution in [2.45, 2.75) is 19.3 Å². The summed E-state index contributed by atoms with van der Waals surface area (Å²) in [4.78, 5) is 24.6. The van der Waals surface area contributed by atoms with Gasteiger partial charge in [0, 0.05) is 23.3 Å². The molecule has 0 atom stereocenters. The van der Waals surface area contributed by atoms with Crippen molar-refractivity contribution in [3.05, 3.63) is 50.6 Å². The molecule has 1 amide bonds. The van der Waals surface area contributed by atoms with E-state index in [0.717, 1.165) is 16.5 Å². The van der Waals surface area contributed by atoms with Crippen LogP contribution in [0.2, 0.25) is 5.02 Å². The second-order valence-corrected chi connectivity index (χ2v) is 6.63. The number of amides is 1. The van der Waals surface area contributed by atoms with Gasteiger partial charge in [-0.15, -0.1) is 11.3 Å². The average molecular weight is 349 g/mol. The molecule has 0 bridgehead atoms. The van der Waals surface area contributed by atoms with Gasteiger partial charge in [0.25, 0.3) is 5.91 Å². The first-order chi connectivity index (χ1) is 11.0. The van der Waals surface area contributed by atoms with E-state index >= 15 is 0 Å². The van der Waals surface area contributed by atoms with Gasteiger partial charge in [-0.1, -0.05) is 11.6 Å². The normalized spacial score (nSPS) is 13.3. The summed E-state index contributed by atoms with van der Waals surface area (Å²) < 4.78 is 13.2. The maximum Gasteiger partial charge on any atom is 0.256 e. The molecule has 0 saturated carbocycles. The SMILES string of the molecule is N#Cc1c(NC(=O)c2ccc(F)c(Cl)c2)sc2c1CCC(=O)C2. The minimum Gasteiger partial charge on any atom is -0.312 e. The molecular formula is C16H10ClFN2O2S. The Morgan fingerprint density at radius 2 is 2.17 bits per heavy atom. The summed E-state index contributed by atoms with van der Waals surface area (Å²) in [6.45, 7) is 0. The number of hydrogen-bond donors (Lipinski definition) is 1. The van der Waals surface area contributed by atoms with E-state index in [2.05, 4.69) is 11.4 Å². The van der Waals surface area contributed by atoms with E-state index in [0.29, 0.717) is 29.8 Å². The molecule has 3 rings (SSSR count). The van der Waals surface area contributed by atoms with E-state index in [9.17, 15) is 19.2 Å². The number of hydrogen-bond acceptors (Lipinski definition) is 4. The fourth-order valence-corrected chi connectivity index (χ4v) is 3.87. The van der Waals surface area contributed by atoms with Crippen molar-refractivity contribution in [3.63, 3.8) is 0 Å². The van der Waals surface area contributed by atoms with E-state index in [1.165, 1.54) is 23.5 Å². The number of thiophene rings is 1. The Morgan fingerprint density at radius 1 is 1.39 bits per heavy atom. The summed E-state index contributed by atoms with van der Waals surface area (Å²) in [5.74, 6) is -0.953. The number of rotatable bonds is 2. The van der Waals surface area contributed by atoms with Crippen LogP contribution >= 0.6 is 22.9 Å². The number of halogens is 2. The minimum atomic E-state index is -0.606. The van der Waals surface area contributed by atoms with Crippen LogP contribution in [0.1, 0.15) is 32.8 Å². The van der Waals surface area contributed by atoms with Crippen molar-refractivity contribution in [1.29, 1.82) is 5.26 Å². The minimum absolute atomic E-state index is 0.131. The van der Waals surface area contributed by atoms with Gasteiger partial charge in [0.2, 0.25) is 0 Å². The summed E-state index contributed by atoms with van der Waals surface area (Å²) in [5.41, 5.74) is 1.44. The van der Waals surface area contributed by atoms with Crippen LogP contribution in [0.15, 0.2) is 18.2 Å². The van der Waals surface area contributed by atoms with Crippen LogP contribution in [-0.4, -0.2) is 11.7 Å². The summed E-state index contributed by atoms with van der Waals surface area (Å²) in [7, 11) is 0. The van der Waals surface area contributed by atoms with Crippen LogP contribution in [0.3, 0.4) is 0 Å². The number of fused-ring (bicyclic) bond motifs is 1. The molecule has 1 heterocycles. The summed E-state index contributed by atoms with van der Waals surface area (Å²) >= 11 is 6.91. The summed E-state index contributed by atoms with van der Waals surface area (Å²) in [5, 5.41) is 12.3. The molecule has 1 aliphatic carbocycles. The van der Waals surface area contributed by atoms with E-state index < -0.39 is 11.7 Å². The quantitative estimate of drug-likeness (QED) is 0.899. The lowest BCUT2D eigenvalue weighted by Gasteiger charge is -2.09. The zero-order valence-corrected chi connectivity index (χ0v) is 13.4. The molecule has 0 aliphatic heterocycles. The fraction of sp³-hybridized carbons (Fsp3) is 0.188. The lowest BCUT2D eigenvalue weighted by Crippen LogP contribution is -2.12. The van der Waals surface area contributed by atoms with Crippen molar-refractivity contribution in [2.75, 3.05) is 5.32 Å². The molecule has 116 valence electrons. The van der Waals surface area contributed by atoms with E-state index in [1.54, 1.807) is 0 Å². The molecule has 1 aromatic carbocycles. The molecule has 1 aromatic heterocycles. The van der Waals surface area contributed by atoms with Gasteiger partial charge in [-0.3, -0.25) is 9.59 Å². The number of Topliss-reactive ketones (excluding diaryl/α,β-unsaturated/α-hetero) is 1.